The van der Waals surface area contributed by atoms with Crippen LogP contribution in [0.3, 0.4) is 0 Å². The third-order valence-corrected chi connectivity index (χ3v) is 3.76. The fourth-order valence-corrected chi connectivity index (χ4v) is 3.32. The number of aromatic nitrogens is 1. The molecule has 0 radical (unpaired) electrons. The second-order valence-corrected chi connectivity index (χ2v) is 5.62. The molecule has 3 nitrogen and oxygen atoms in total. The maximum atomic E-state index is 6.21. The normalized spacial score (nSPS) is 12.1. The van der Waals surface area contributed by atoms with Gasteiger partial charge in [0.15, 0.2) is 0 Å². The number of halogens is 1. The molecule has 0 saturated heterocycles. The van der Waals surface area contributed by atoms with Gasteiger partial charge in [-0.3, -0.25) is 0 Å². The van der Waals surface area contributed by atoms with Gasteiger partial charge in [0.25, 0.3) is 0 Å². The number of methoxy groups -OCH3 is 1. The van der Waals surface area contributed by atoms with Crippen molar-refractivity contribution in [3.05, 3.63) is 28.4 Å². The first-order valence-corrected chi connectivity index (χ1v) is 6.27. The Kier molecular flexibility index (Phi) is 2.96. The topological polar surface area (TPSA) is 40.2 Å². The molecule has 0 amide bonds. The van der Waals surface area contributed by atoms with Gasteiger partial charge >= 0.3 is 0 Å². The zero-order chi connectivity index (χ0) is 12.8. The average Bonchev–Trinajstić information content (AvgIpc) is 2.50. The molecule has 2 aromatic rings. The van der Waals surface area contributed by atoms with Crippen molar-refractivity contribution in [1.82, 2.24) is 4.57 Å². The minimum atomic E-state index is -0.389. The lowest BCUT2D eigenvalue weighted by Crippen LogP contribution is -2.31. The second kappa shape index (κ2) is 4.03. The van der Waals surface area contributed by atoms with Crippen LogP contribution in [-0.4, -0.2) is 11.7 Å². The number of ether oxygens (including phenoxy) is 1. The minimum absolute atomic E-state index is 0.389. The van der Waals surface area contributed by atoms with Gasteiger partial charge in [-0.05, 0) is 48.0 Å². The summed E-state index contributed by atoms with van der Waals surface area (Å²) in [5.41, 5.74) is 8.05. The highest BCUT2D eigenvalue weighted by Crippen LogP contribution is 2.36. The summed E-state index contributed by atoms with van der Waals surface area (Å²) in [5.74, 6) is 0.852. The average molecular weight is 297 g/mol. The lowest BCUT2D eigenvalue weighted by molar-refractivity contribution is 0.415. The van der Waals surface area contributed by atoms with Crippen LogP contribution in [0.4, 0.5) is 0 Å². The van der Waals surface area contributed by atoms with Gasteiger partial charge < -0.3 is 15.0 Å². The van der Waals surface area contributed by atoms with Crippen molar-refractivity contribution in [2.45, 2.75) is 19.4 Å². The molecule has 0 atom stereocenters. The Morgan fingerprint density at radius 3 is 2.53 bits per heavy atom. The maximum absolute atomic E-state index is 6.21. The molecule has 1 heterocycles. The third kappa shape index (κ3) is 1.96. The van der Waals surface area contributed by atoms with Crippen LogP contribution in [0.1, 0.15) is 19.5 Å². The molecule has 4 heteroatoms. The maximum Gasteiger partial charge on any atom is 0.119 e. The Bertz CT molecular complexity index is 567. The number of nitrogens with two attached hydrogens (primary N) is 1. The van der Waals surface area contributed by atoms with E-state index in [4.69, 9.17) is 10.5 Å². The number of nitrogens with zero attached hydrogens (tertiary/aromatic N) is 1. The molecule has 0 spiro atoms. The predicted octanol–water partition coefficient (Wildman–Crippen LogP) is 3.14. The molecule has 2 rings (SSSR count). The van der Waals surface area contributed by atoms with E-state index < -0.39 is 0 Å². The first-order valence-electron chi connectivity index (χ1n) is 5.47. The number of aryl methyl sites for hydroxylation is 1. The molecule has 0 saturated carbocycles. The smallest absolute Gasteiger partial charge is 0.119 e. The summed E-state index contributed by atoms with van der Waals surface area (Å²) in [6.07, 6.45) is 0. The van der Waals surface area contributed by atoms with E-state index in [9.17, 15) is 0 Å². The van der Waals surface area contributed by atoms with E-state index in [0.717, 1.165) is 26.8 Å². The highest BCUT2D eigenvalue weighted by Gasteiger charge is 2.24. The van der Waals surface area contributed by atoms with Crippen molar-refractivity contribution in [2.24, 2.45) is 12.8 Å². The molecule has 0 bridgehead atoms. The van der Waals surface area contributed by atoms with E-state index in [0.29, 0.717) is 0 Å². The Morgan fingerprint density at radius 2 is 2.00 bits per heavy atom. The van der Waals surface area contributed by atoms with Crippen LogP contribution in [0.5, 0.6) is 5.75 Å². The van der Waals surface area contributed by atoms with E-state index >= 15 is 0 Å². The summed E-state index contributed by atoms with van der Waals surface area (Å²) in [6.45, 7) is 4.01. The highest BCUT2D eigenvalue weighted by molar-refractivity contribution is 9.10. The molecule has 92 valence electrons. The number of benzene rings is 1. The molecule has 2 N–H and O–H groups in total. The fourth-order valence-electron chi connectivity index (χ4n) is 2.22. The van der Waals surface area contributed by atoms with Crippen molar-refractivity contribution in [3.8, 4) is 5.75 Å². The molecule has 17 heavy (non-hydrogen) atoms. The largest absolute Gasteiger partial charge is 0.497 e. The lowest BCUT2D eigenvalue weighted by atomic mass is 10.0. The number of rotatable bonds is 2. The van der Waals surface area contributed by atoms with E-state index in [1.807, 2.05) is 39.1 Å². The molecule has 0 fully saturated rings. The fraction of sp³-hybridized carbons (Fsp3) is 0.385. The van der Waals surface area contributed by atoms with E-state index in [1.165, 1.54) is 0 Å². The monoisotopic (exact) mass is 296 g/mol. The molecule has 0 aliphatic heterocycles. The van der Waals surface area contributed by atoms with Crippen molar-refractivity contribution in [3.63, 3.8) is 0 Å². The molecule has 1 aromatic carbocycles. The van der Waals surface area contributed by atoms with Crippen molar-refractivity contribution in [2.75, 3.05) is 7.11 Å². The molecular formula is C13H17BrN2O. The highest BCUT2D eigenvalue weighted by atomic mass is 79.9. The number of hydrogen-bond acceptors (Lipinski definition) is 2. The summed E-state index contributed by atoms with van der Waals surface area (Å²) in [5, 5.41) is 1.13. The quantitative estimate of drug-likeness (QED) is 0.925. The van der Waals surface area contributed by atoms with Crippen molar-refractivity contribution in [1.29, 1.82) is 0 Å². The van der Waals surface area contributed by atoms with Gasteiger partial charge in [-0.15, -0.1) is 0 Å². The summed E-state index contributed by atoms with van der Waals surface area (Å²) in [6, 6.07) is 6.03. The van der Waals surface area contributed by atoms with Gasteiger partial charge in [0, 0.05) is 22.4 Å². The van der Waals surface area contributed by atoms with Crippen LogP contribution in [0.2, 0.25) is 0 Å². The van der Waals surface area contributed by atoms with Crippen LogP contribution in [0.25, 0.3) is 10.9 Å². The zero-order valence-electron chi connectivity index (χ0n) is 10.5. The summed E-state index contributed by atoms with van der Waals surface area (Å²) < 4.78 is 8.42. The SMILES string of the molecule is COc1ccc2c(c1)c(Br)c(C(C)(C)N)n2C. The predicted molar refractivity (Wildman–Crippen MR) is 74.4 cm³/mol. The lowest BCUT2D eigenvalue weighted by Gasteiger charge is -2.20. The van der Waals surface area contributed by atoms with Crippen molar-refractivity contribution < 1.29 is 4.74 Å². The summed E-state index contributed by atoms with van der Waals surface area (Å²) >= 11 is 3.65. The van der Waals surface area contributed by atoms with Gasteiger partial charge in [-0.2, -0.15) is 0 Å². The molecular weight excluding hydrogens is 280 g/mol. The third-order valence-electron chi connectivity index (χ3n) is 2.96. The van der Waals surface area contributed by atoms with Gasteiger partial charge in [-0.25, -0.2) is 0 Å². The van der Waals surface area contributed by atoms with Gasteiger partial charge in [0.05, 0.1) is 18.3 Å². The summed E-state index contributed by atoms with van der Waals surface area (Å²) in [7, 11) is 3.70. The Morgan fingerprint density at radius 1 is 1.35 bits per heavy atom. The summed E-state index contributed by atoms with van der Waals surface area (Å²) in [4.78, 5) is 0. The molecule has 0 aliphatic rings. The first kappa shape index (κ1) is 12.5. The molecule has 1 aromatic heterocycles. The van der Waals surface area contributed by atoms with E-state index in [1.54, 1.807) is 7.11 Å². The standard InChI is InChI=1S/C13H17BrN2O/c1-13(2,15)12-11(14)9-7-8(17-4)5-6-10(9)16(12)3/h5-7H,15H2,1-4H3. The van der Waals surface area contributed by atoms with E-state index in [-0.39, 0.29) is 5.54 Å². The Balaban J connectivity index is 2.81. The van der Waals surface area contributed by atoms with E-state index in [2.05, 4.69) is 20.5 Å². The molecule has 0 aliphatic carbocycles. The van der Waals surface area contributed by atoms with Gasteiger partial charge in [0.2, 0.25) is 0 Å². The van der Waals surface area contributed by atoms with Crippen LogP contribution in [-0.2, 0) is 12.6 Å². The van der Waals surface area contributed by atoms with Gasteiger partial charge in [0.1, 0.15) is 5.75 Å². The second-order valence-electron chi connectivity index (χ2n) is 4.83. The zero-order valence-corrected chi connectivity index (χ0v) is 12.1. The number of hydrogen-bond donors (Lipinski definition) is 1. The molecule has 0 unspecified atom stereocenters. The minimum Gasteiger partial charge on any atom is -0.497 e. The van der Waals surface area contributed by atoms with Crippen LogP contribution < -0.4 is 10.5 Å². The number of fused-ring (bicyclic) bond motifs is 1. The van der Waals surface area contributed by atoms with Crippen LogP contribution in [0, 0.1) is 0 Å². The van der Waals surface area contributed by atoms with Crippen LogP contribution in [0.15, 0.2) is 22.7 Å². The van der Waals surface area contributed by atoms with Crippen LogP contribution >= 0.6 is 15.9 Å². The van der Waals surface area contributed by atoms with Crippen molar-refractivity contribution >= 4 is 26.8 Å². The Labute approximate surface area is 110 Å². The first-order chi connectivity index (χ1) is 7.86. The van der Waals surface area contributed by atoms with Gasteiger partial charge in [-0.1, -0.05) is 0 Å². The Hall–Kier alpha value is -1.00.